The summed E-state index contributed by atoms with van der Waals surface area (Å²) in [6, 6.07) is 7.99. The zero-order valence-corrected chi connectivity index (χ0v) is 12.5. The molecule has 5 heteroatoms. The maximum Gasteiger partial charge on any atom is 0.407 e. The first-order valence-electron chi connectivity index (χ1n) is 7.42. The van der Waals surface area contributed by atoms with Crippen LogP contribution in [0.2, 0.25) is 0 Å². The predicted octanol–water partition coefficient (Wildman–Crippen LogP) is 4.97. The van der Waals surface area contributed by atoms with E-state index in [1.807, 2.05) is 0 Å². The van der Waals surface area contributed by atoms with Crippen LogP contribution in [0.15, 0.2) is 36.4 Å². The predicted molar refractivity (Wildman–Crippen MR) is 82.0 cm³/mol. The largest absolute Gasteiger partial charge is 0.493 e. The monoisotopic (exact) mass is 311 g/mol. The SMILES string of the molecule is CCCCCOc1cccc2cccc([C@H](N)C(F)(F)F)c12. The van der Waals surface area contributed by atoms with Gasteiger partial charge in [0.25, 0.3) is 0 Å². The van der Waals surface area contributed by atoms with Crippen LogP contribution in [0.5, 0.6) is 5.75 Å². The molecule has 2 aromatic carbocycles. The van der Waals surface area contributed by atoms with Crippen molar-refractivity contribution in [2.24, 2.45) is 5.73 Å². The van der Waals surface area contributed by atoms with Crippen molar-refractivity contribution in [3.63, 3.8) is 0 Å². The van der Waals surface area contributed by atoms with Crippen LogP contribution in [-0.2, 0) is 0 Å². The minimum atomic E-state index is -4.48. The Morgan fingerprint density at radius 2 is 1.77 bits per heavy atom. The molecule has 0 amide bonds. The Balaban J connectivity index is 2.40. The van der Waals surface area contributed by atoms with E-state index in [-0.39, 0.29) is 5.56 Å². The maximum absolute atomic E-state index is 13.0. The molecule has 0 unspecified atom stereocenters. The van der Waals surface area contributed by atoms with Gasteiger partial charge in [0.05, 0.1) is 6.61 Å². The number of benzene rings is 2. The second-order valence-corrected chi connectivity index (χ2v) is 5.28. The number of rotatable bonds is 6. The number of unbranched alkanes of at least 4 members (excludes halogenated alkanes) is 2. The third-order valence-electron chi connectivity index (χ3n) is 3.59. The van der Waals surface area contributed by atoms with Gasteiger partial charge in [0.15, 0.2) is 0 Å². The molecule has 2 rings (SSSR count). The molecule has 0 heterocycles. The fraction of sp³-hybridized carbons (Fsp3) is 0.412. The first kappa shape index (κ1) is 16.6. The minimum Gasteiger partial charge on any atom is -0.493 e. The van der Waals surface area contributed by atoms with Crippen LogP contribution in [0.1, 0.15) is 37.8 Å². The molecule has 0 fully saturated rings. The molecule has 1 atom stereocenters. The van der Waals surface area contributed by atoms with Gasteiger partial charge in [-0.25, -0.2) is 0 Å². The molecule has 2 aromatic rings. The van der Waals surface area contributed by atoms with Gasteiger partial charge in [0, 0.05) is 5.39 Å². The molecule has 120 valence electrons. The maximum atomic E-state index is 13.0. The molecule has 2 N–H and O–H groups in total. The fourth-order valence-corrected chi connectivity index (χ4v) is 2.42. The average molecular weight is 311 g/mol. The summed E-state index contributed by atoms with van der Waals surface area (Å²) in [4.78, 5) is 0. The van der Waals surface area contributed by atoms with E-state index in [0.29, 0.717) is 23.1 Å². The van der Waals surface area contributed by atoms with E-state index in [1.54, 1.807) is 30.3 Å². The molecule has 22 heavy (non-hydrogen) atoms. The summed E-state index contributed by atoms with van der Waals surface area (Å²) in [7, 11) is 0. The quantitative estimate of drug-likeness (QED) is 0.764. The molecule has 2 nitrogen and oxygen atoms in total. The Labute approximate surface area is 128 Å². The Morgan fingerprint density at radius 1 is 1.09 bits per heavy atom. The normalized spacial score (nSPS) is 13.3. The topological polar surface area (TPSA) is 35.2 Å². The lowest BCUT2D eigenvalue weighted by atomic mass is 9.98. The standard InChI is InChI=1S/C17H20F3NO/c1-2-3-4-11-22-14-10-6-8-12-7-5-9-13(15(12)14)16(21)17(18,19)20/h5-10,16H,2-4,11,21H2,1H3/t16-/m0/s1. The lowest BCUT2D eigenvalue weighted by molar-refractivity contribution is -0.148. The number of fused-ring (bicyclic) bond motifs is 1. The molecule has 0 bridgehead atoms. The van der Waals surface area contributed by atoms with Gasteiger partial charge in [0.1, 0.15) is 11.8 Å². The van der Waals surface area contributed by atoms with Crippen molar-refractivity contribution in [3.8, 4) is 5.75 Å². The van der Waals surface area contributed by atoms with Gasteiger partial charge in [-0.2, -0.15) is 13.2 Å². The summed E-state index contributed by atoms with van der Waals surface area (Å²) < 4.78 is 44.6. The molecular formula is C17H20F3NO. The molecular weight excluding hydrogens is 291 g/mol. The van der Waals surface area contributed by atoms with Gasteiger partial charge >= 0.3 is 6.18 Å². The zero-order valence-electron chi connectivity index (χ0n) is 12.5. The van der Waals surface area contributed by atoms with E-state index >= 15 is 0 Å². The first-order chi connectivity index (χ1) is 10.4. The number of alkyl halides is 3. The number of halogens is 3. The van der Waals surface area contributed by atoms with Crippen LogP contribution in [0.4, 0.5) is 13.2 Å². The summed E-state index contributed by atoms with van der Waals surface area (Å²) in [5, 5.41) is 1.15. The Kier molecular flexibility index (Phi) is 5.29. The fourth-order valence-electron chi connectivity index (χ4n) is 2.42. The van der Waals surface area contributed by atoms with Gasteiger partial charge in [-0.05, 0) is 23.4 Å². The summed E-state index contributed by atoms with van der Waals surface area (Å²) in [6.07, 6.45) is -1.52. The zero-order chi connectivity index (χ0) is 16.2. The Morgan fingerprint density at radius 3 is 2.41 bits per heavy atom. The van der Waals surface area contributed by atoms with E-state index < -0.39 is 12.2 Å². The molecule has 0 aliphatic heterocycles. The highest BCUT2D eigenvalue weighted by molar-refractivity contribution is 5.91. The number of hydrogen-bond donors (Lipinski definition) is 1. The van der Waals surface area contributed by atoms with E-state index in [0.717, 1.165) is 19.3 Å². The van der Waals surface area contributed by atoms with Crippen molar-refractivity contribution in [3.05, 3.63) is 42.0 Å². The smallest absolute Gasteiger partial charge is 0.407 e. The second-order valence-electron chi connectivity index (χ2n) is 5.28. The van der Waals surface area contributed by atoms with Crippen LogP contribution in [-0.4, -0.2) is 12.8 Å². The summed E-state index contributed by atoms with van der Waals surface area (Å²) in [6.45, 7) is 2.57. The van der Waals surface area contributed by atoms with Gasteiger partial charge in [-0.3, -0.25) is 0 Å². The highest BCUT2D eigenvalue weighted by Crippen LogP contribution is 2.38. The summed E-state index contributed by atoms with van der Waals surface area (Å²) in [5.41, 5.74) is 5.45. The van der Waals surface area contributed by atoms with Gasteiger partial charge < -0.3 is 10.5 Å². The lowest BCUT2D eigenvalue weighted by Crippen LogP contribution is -2.28. The van der Waals surface area contributed by atoms with Crippen molar-refractivity contribution in [1.82, 2.24) is 0 Å². The third kappa shape index (κ3) is 3.71. The number of hydrogen-bond acceptors (Lipinski definition) is 2. The van der Waals surface area contributed by atoms with Gasteiger partial charge in [-0.15, -0.1) is 0 Å². The van der Waals surface area contributed by atoms with Gasteiger partial charge in [-0.1, -0.05) is 50.1 Å². The first-order valence-corrected chi connectivity index (χ1v) is 7.42. The van der Waals surface area contributed by atoms with Crippen molar-refractivity contribution in [2.45, 2.75) is 38.4 Å². The number of nitrogens with two attached hydrogens (primary N) is 1. The van der Waals surface area contributed by atoms with Crippen molar-refractivity contribution in [2.75, 3.05) is 6.61 Å². The van der Waals surface area contributed by atoms with Crippen molar-refractivity contribution >= 4 is 10.8 Å². The third-order valence-corrected chi connectivity index (χ3v) is 3.59. The highest BCUT2D eigenvalue weighted by Gasteiger charge is 2.39. The summed E-state index contributed by atoms with van der Waals surface area (Å²) in [5.74, 6) is 0.462. The Hall–Kier alpha value is -1.75. The number of ether oxygens (including phenoxy) is 1. The lowest BCUT2D eigenvalue weighted by Gasteiger charge is -2.19. The van der Waals surface area contributed by atoms with Crippen molar-refractivity contribution in [1.29, 1.82) is 0 Å². The molecule has 0 spiro atoms. The average Bonchev–Trinajstić information content (AvgIpc) is 2.49. The second kappa shape index (κ2) is 7.01. The summed E-state index contributed by atoms with van der Waals surface area (Å²) >= 11 is 0. The highest BCUT2D eigenvalue weighted by atomic mass is 19.4. The van der Waals surface area contributed by atoms with Crippen LogP contribution < -0.4 is 10.5 Å². The molecule has 0 aliphatic rings. The van der Waals surface area contributed by atoms with Crippen LogP contribution in [0, 0.1) is 0 Å². The van der Waals surface area contributed by atoms with Crippen LogP contribution in [0.25, 0.3) is 10.8 Å². The van der Waals surface area contributed by atoms with E-state index in [9.17, 15) is 13.2 Å². The molecule has 0 saturated carbocycles. The molecule has 0 aliphatic carbocycles. The van der Waals surface area contributed by atoms with Crippen LogP contribution in [0.3, 0.4) is 0 Å². The van der Waals surface area contributed by atoms with E-state index in [1.165, 1.54) is 6.07 Å². The van der Waals surface area contributed by atoms with Gasteiger partial charge in [0.2, 0.25) is 0 Å². The molecule has 0 radical (unpaired) electrons. The van der Waals surface area contributed by atoms with Crippen molar-refractivity contribution < 1.29 is 17.9 Å². The van der Waals surface area contributed by atoms with Crippen LogP contribution >= 0.6 is 0 Å². The molecule has 0 aromatic heterocycles. The minimum absolute atomic E-state index is 0.0519. The van der Waals surface area contributed by atoms with E-state index in [4.69, 9.17) is 10.5 Å². The van der Waals surface area contributed by atoms with E-state index in [2.05, 4.69) is 6.92 Å². The Bertz CT molecular complexity index is 620. The molecule has 0 saturated heterocycles.